The molecule has 2 aromatic carbocycles. The van der Waals surface area contributed by atoms with Gasteiger partial charge in [-0.25, -0.2) is 4.79 Å². The van der Waals surface area contributed by atoms with E-state index in [2.05, 4.69) is 11.4 Å². The first-order valence-electron chi connectivity index (χ1n) is 5.41. The number of halogens is 1. The van der Waals surface area contributed by atoms with E-state index in [1.165, 1.54) is 12.1 Å². The second-order valence-electron chi connectivity index (χ2n) is 3.78. The lowest BCUT2D eigenvalue weighted by molar-refractivity contribution is 0.0697. The van der Waals surface area contributed by atoms with E-state index in [1.807, 2.05) is 0 Å². The number of carbonyl (C=O) groups is 1. The molecule has 0 radical (unpaired) electrons. The first kappa shape index (κ1) is 12.9. The fourth-order valence-corrected chi connectivity index (χ4v) is 1.87. The molecule has 0 atom stereocenters. The van der Waals surface area contributed by atoms with Crippen molar-refractivity contribution in [1.82, 2.24) is 0 Å². The van der Waals surface area contributed by atoms with Crippen molar-refractivity contribution < 1.29 is 9.90 Å². The standard InChI is InChI=1S/C14H9ClN2O2/c15-12-7-10(5-6-11(12)14(18)19)17-13-4-2-1-3-9(13)8-16/h1-7,17H,(H,18,19). The minimum absolute atomic E-state index is 0.0424. The van der Waals surface area contributed by atoms with E-state index < -0.39 is 5.97 Å². The summed E-state index contributed by atoms with van der Waals surface area (Å²) < 4.78 is 0. The number of aromatic carboxylic acids is 1. The maximum absolute atomic E-state index is 10.8. The third-order valence-corrected chi connectivity index (χ3v) is 2.84. The van der Waals surface area contributed by atoms with E-state index in [9.17, 15) is 4.79 Å². The molecule has 0 bridgehead atoms. The number of para-hydroxylation sites is 1. The molecule has 94 valence electrons. The number of carboxylic acid groups (broad SMARTS) is 1. The molecule has 2 aromatic rings. The van der Waals surface area contributed by atoms with Gasteiger partial charge < -0.3 is 10.4 Å². The normalized spacial score (nSPS) is 9.68. The van der Waals surface area contributed by atoms with Gasteiger partial charge in [0, 0.05) is 5.69 Å². The van der Waals surface area contributed by atoms with Crippen molar-refractivity contribution in [2.75, 3.05) is 5.32 Å². The van der Waals surface area contributed by atoms with Crippen LogP contribution >= 0.6 is 11.6 Å². The number of hydrogen-bond acceptors (Lipinski definition) is 3. The van der Waals surface area contributed by atoms with Gasteiger partial charge in [-0.15, -0.1) is 0 Å². The lowest BCUT2D eigenvalue weighted by Crippen LogP contribution is -1.99. The Morgan fingerprint density at radius 1 is 1.26 bits per heavy atom. The van der Waals surface area contributed by atoms with Gasteiger partial charge in [0.2, 0.25) is 0 Å². The number of hydrogen-bond donors (Lipinski definition) is 2. The Labute approximate surface area is 114 Å². The Morgan fingerprint density at radius 2 is 2.00 bits per heavy atom. The number of rotatable bonds is 3. The number of nitriles is 1. The smallest absolute Gasteiger partial charge is 0.337 e. The molecule has 4 nitrogen and oxygen atoms in total. The van der Waals surface area contributed by atoms with Crippen LogP contribution in [-0.4, -0.2) is 11.1 Å². The molecule has 0 heterocycles. The predicted octanol–water partition coefficient (Wildman–Crippen LogP) is 3.65. The van der Waals surface area contributed by atoms with Crippen molar-refractivity contribution >= 4 is 28.9 Å². The van der Waals surface area contributed by atoms with Crippen LogP contribution in [0.4, 0.5) is 11.4 Å². The third kappa shape index (κ3) is 2.84. The van der Waals surface area contributed by atoms with Crippen molar-refractivity contribution in [2.45, 2.75) is 0 Å². The Balaban J connectivity index is 2.32. The second kappa shape index (κ2) is 5.42. The van der Waals surface area contributed by atoms with Crippen LogP contribution in [0.25, 0.3) is 0 Å². The number of nitrogens with zero attached hydrogens (tertiary/aromatic N) is 1. The van der Waals surface area contributed by atoms with Gasteiger partial charge in [-0.2, -0.15) is 5.26 Å². The molecule has 5 heteroatoms. The SMILES string of the molecule is N#Cc1ccccc1Nc1ccc(C(=O)O)c(Cl)c1. The number of nitrogens with one attached hydrogen (secondary N) is 1. The average Bonchev–Trinajstić information content (AvgIpc) is 2.39. The molecular formula is C14H9ClN2O2. The molecule has 0 unspecified atom stereocenters. The Bertz CT molecular complexity index is 677. The molecule has 19 heavy (non-hydrogen) atoms. The maximum atomic E-state index is 10.8. The molecule has 0 aliphatic carbocycles. The van der Waals surface area contributed by atoms with E-state index in [0.29, 0.717) is 16.9 Å². The van der Waals surface area contributed by atoms with Gasteiger partial charge in [0.05, 0.1) is 21.8 Å². The molecule has 0 aromatic heterocycles. The highest BCUT2D eigenvalue weighted by molar-refractivity contribution is 6.33. The van der Waals surface area contributed by atoms with Crippen LogP contribution in [0.2, 0.25) is 5.02 Å². The van der Waals surface area contributed by atoms with Crippen molar-refractivity contribution in [2.24, 2.45) is 0 Å². The molecule has 2 N–H and O–H groups in total. The minimum atomic E-state index is -1.08. The first-order chi connectivity index (χ1) is 9.11. The molecule has 2 rings (SSSR count). The van der Waals surface area contributed by atoms with E-state index in [4.69, 9.17) is 22.0 Å². The van der Waals surface area contributed by atoms with Crippen LogP contribution < -0.4 is 5.32 Å². The van der Waals surface area contributed by atoms with Crippen molar-refractivity contribution in [3.05, 3.63) is 58.6 Å². The summed E-state index contributed by atoms with van der Waals surface area (Å²) in [5.74, 6) is -1.08. The summed E-state index contributed by atoms with van der Waals surface area (Å²) in [6, 6.07) is 13.6. The lowest BCUT2D eigenvalue weighted by Gasteiger charge is -2.09. The third-order valence-electron chi connectivity index (χ3n) is 2.53. The maximum Gasteiger partial charge on any atom is 0.337 e. The van der Waals surface area contributed by atoms with Crippen LogP contribution in [0.3, 0.4) is 0 Å². The topological polar surface area (TPSA) is 73.1 Å². The highest BCUT2D eigenvalue weighted by Crippen LogP contribution is 2.25. The van der Waals surface area contributed by atoms with E-state index in [-0.39, 0.29) is 10.6 Å². The average molecular weight is 273 g/mol. The van der Waals surface area contributed by atoms with Gasteiger partial charge in [0.25, 0.3) is 0 Å². The predicted molar refractivity (Wildman–Crippen MR) is 72.9 cm³/mol. The molecule has 0 aliphatic heterocycles. The van der Waals surface area contributed by atoms with Crippen molar-refractivity contribution in [1.29, 1.82) is 5.26 Å². The van der Waals surface area contributed by atoms with Crippen molar-refractivity contribution in [3.63, 3.8) is 0 Å². The first-order valence-corrected chi connectivity index (χ1v) is 5.78. The molecule has 0 aliphatic rings. The van der Waals surface area contributed by atoms with Crippen LogP contribution in [0, 0.1) is 11.3 Å². The monoisotopic (exact) mass is 272 g/mol. The molecular weight excluding hydrogens is 264 g/mol. The van der Waals surface area contributed by atoms with E-state index in [0.717, 1.165) is 0 Å². The number of benzene rings is 2. The molecule has 0 amide bonds. The van der Waals surface area contributed by atoms with Gasteiger partial charge in [-0.1, -0.05) is 23.7 Å². The van der Waals surface area contributed by atoms with Gasteiger partial charge in [0.1, 0.15) is 6.07 Å². The molecule has 0 saturated carbocycles. The van der Waals surface area contributed by atoms with Gasteiger partial charge in [0.15, 0.2) is 0 Å². The second-order valence-corrected chi connectivity index (χ2v) is 4.19. The summed E-state index contributed by atoms with van der Waals surface area (Å²) >= 11 is 5.88. The fraction of sp³-hybridized carbons (Fsp3) is 0. The van der Waals surface area contributed by atoms with Gasteiger partial charge in [-0.05, 0) is 30.3 Å². The summed E-state index contributed by atoms with van der Waals surface area (Å²) in [7, 11) is 0. The summed E-state index contributed by atoms with van der Waals surface area (Å²) in [5.41, 5.74) is 1.81. The summed E-state index contributed by atoms with van der Waals surface area (Å²) in [6.07, 6.45) is 0. The Morgan fingerprint density at radius 3 is 2.63 bits per heavy atom. The van der Waals surface area contributed by atoms with Crippen LogP contribution in [0.15, 0.2) is 42.5 Å². The largest absolute Gasteiger partial charge is 0.478 e. The van der Waals surface area contributed by atoms with Crippen molar-refractivity contribution in [3.8, 4) is 6.07 Å². The van der Waals surface area contributed by atoms with Crippen LogP contribution in [0.5, 0.6) is 0 Å². The van der Waals surface area contributed by atoms with Gasteiger partial charge >= 0.3 is 5.97 Å². The molecule has 0 spiro atoms. The number of carboxylic acids is 1. The van der Waals surface area contributed by atoms with E-state index in [1.54, 1.807) is 30.3 Å². The summed E-state index contributed by atoms with van der Waals surface area (Å²) in [4.78, 5) is 10.8. The molecule has 0 fully saturated rings. The zero-order valence-corrected chi connectivity index (χ0v) is 10.5. The zero-order chi connectivity index (χ0) is 13.8. The van der Waals surface area contributed by atoms with Crippen LogP contribution in [-0.2, 0) is 0 Å². The highest BCUT2D eigenvalue weighted by atomic mass is 35.5. The highest BCUT2D eigenvalue weighted by Gasteiger charge is 2.09. The fourth-order valence-electron chi connectivity index (χ4n) is 1.61. The quantitative estimate of drug-likeness (QED) is 0.894. The minimum Gasteiger partial charge on any atom is -0.478 e. The summed E-state index contributed by atoms with van der Waals surface area (Å²) in [6.45, 7) is 0. The van der Waals surface area contributed by atoms with Crippen LogP contribution in [0.1, 0.15) is 15.9 Å². The number of anilines is 2. The Hall–Kier alpha value is -2.51. The zero-order valence-electron chi connectivity index (χ0n) is 9.72. The van der Waals surface area contributed by atoms with E-state index >= 15 is 0 Å². The van der Waals surface area contributed by atoms with Gasteiger partial charge in [-0.3, -0.25) is 0 Å². The molecule has 0 saturated heterocycles. The lowest BCUT2D eigenvalue weighted by atomic mass is 10.1. The Kier molecular flexibility index (Phi) is 3.69. The summed E-state index contributed by atoms with van der Waals surface area (Å²) in [5, 5.41) is 21.0.